The molecule has 1 amide bonds. The average Bonchev–Trinajstić information content (AvgIpc) is 2.43. The lowest BCUT2D eigenvalue weighted by Gasteiger charge is -2.13. The van der Waals surface area contributed by atoms with Gasteiger partial charge in [0.1, 0.15) is 6.61 Å². The van der Waals surface area contributed by atoms with Crippen LogP contribution in [0.25, 0.3) is 0 Å². The van der Waals surface area contributed by atoms with Crippen molar-refractivity contribution in [1.82, 2.24) is 5.32 Å². The molecular weight excluding hydrogens is 254 g/mol. The Kier molecular flexibility index (Phi) is 6.78. The van der Waals surface area contributed by atoms with E-state index in [0.29, 0.717) is 12.2 Å². The fourth-order valence-electron chi connectivity index (χ4n) is 1.75. The van der Waals surface area contributed by atoms with Gasteiger partial charge in [-0.05, 0) is 44.0 Å². The normalized spacial score (nSPS) is 11.4. The molecule has 1 aromatic carbocycles. The third kappa shape index (κ3) is 5.04. The Morgan fingerprint density at radius 3 is 2.85 bits per heavy atom. The number of carbonyl (C=O) groups excluding carboxylic acids is 1. The number of carbonyl (C=O) groups is 1. The smallest absolute Gasteiger partial charge is 0.251 e. The molecule has 0 aliphatic carbocycles. The highest BCUT2D eigenvalue weighted by atomic mass is 16.5. The number of amides is 1. The highest BCUT2D eigenvalue weighted by Gasteiger charge is 2.10. The van der Waals surface area contributed by atoms with E-state index in [2.05, 4.69) is 17.2 Å². The predicted molar refractivity (Wildman–Crippen MR) is 78.6 cm³/mol. The molecule has 1 unspecified atom stereocenters. The fourth-order valence-corrected chi connectivity index (χ4v) is 1.75. The first-order chi connectivity index (χ1) is 9.58. The van der Waals surface area contributed by atoms with Crippen LogP contribution in [-0.2, 0) is 4.74 Å². The molecule has 2 N–H and O–H groups in total. The maximum absolute atomic E-state index is 12.1. The molecule has 0 bridgehead atoms. The summed E-state index contributed by atoms with van der Waals surface area (Å²) >= 11 is 0. The van der Waals surface area contributed by atoms with Crippen LogP contribution in [0, 0.1) is 18.8 Å². The largest absolute Gasteiger partial charge is 0.385 e. The van der Waals surface area contributed by atoms with E-state index in [1.807, 2.05) is 13.8 Å². The minimum atomic E-state index is -0.168. The Balaban J connectivity index is 2.72. The summed E-state index contributed by atoms with van der Waals surface area (Å²) in [6.45, 7) is 4.30. The number of benzene rings is 1. The number of aryl methyl sites for hydroxylation is 1. The van der Waals surface area contributed by atoms with Crippen LogP contribution in [-0.4, -0.2) is 37.4 Å². The maximum Gasteiger partial charge on any atom is 0.251 e. The van der Waals surface area contributed by atoms with E-state index < -0.39 is 0 Å². The quantitative estimate of drug-likeness (QED) is 0.801. The first-order valence-corrected chi connectivity index (χ1v) is 6.58. The van der Waals surface area contributed by atoms with Crippen molar-refractivity contribution in [2.75, 3.05) is 20.3 Å². The molecule has 0 heterocycles. The number of methoxy groups -OCH3 is 1. The Labute approximate surface area is 120 Å². The standard InChI is InChI=1S/C16H21NO3/c1-12-11-15(7-6-14(12)5-4-9-18)16(19)17-13(2)8-10-20-3/h6-7,11,13,18H,8-10H2,1-3H3,(H,17,19). The highest BCUT2D eigenvalue weighted by molar-refractivity contribution is 5.94. The minimum absolute atomic E-state index is 0.0663. The average molecular weight is 275 g/mol. The molecule has 0 fully saturated rings. The summed E-state index contributed by atoms with van der Waals surface area (Å²) < 4.78 is 4.99. The van der Waals surface area contributed by atoms with E-state index in [-0.39, 0.29) is 18.6 Å². The van der Waals surface area contributed by atoms with Crippen LogP contribution in [0.3, 0.4) is 0 Å². The van der Waals surface area contributed by atoms with E-state index in [1.165, 1.54) is 0 Å². The fraction of sp³-hybridized carbons (Fsp3) is 0.438. The molecule has 1 rings (SSSR count). The summed E-state index contributed by atoms with van der Waals surface area (Å²) in [5.41, 5.74) is 2.35. The summed E-state index contributed by atoms with van der Waals surface area (Å²) in [5, 5.41) is 11.6. The number of aliphatic hydroxyl groups is 1. The topological polar surface area (TPSA) is 58.6 Å². The van der Waals surface area contributed by atoms with Crippen LogP contribution < -0.4 is 5.32 Å². The molecule has 0 radical (unpaired) electrons. The lowest BCUT2D eigenvalue weighted by molar-refractivity contribution is 0.0929. The second-order valence-corrected chi connectivity index (χ2v) is 4.65. The van der Waals surface area contributed by atoms with Gasteiger partial charge in [0.25, 0.3) is 5.91 Å². The number of hydrogen-bond donors (Lipinski definition) is 2. The van der Waals surface area contributed by atoms with Crippen LogP contribution in [0.5, 0.6) is 0 Å². The van der Waals surface area contributed by atoms with Crippen LogP contribution in [0.1, 0.15) is 34.8 Å². The van der Waals surface area contributed by atoms with E-state index in [0.717, 1.165) is 17.5 Å². The second-order valence-electron chi connectivity index (χ2n) is 4.65. The van der Waals surface area contributed by atoms with E-state index >= 15 is 0 Å². The van der Waals surface area contributed by atoms with Gasteiger partial charge in [0.05, 0.1) is 0 Å². The minimum Gasteiger partial charge on any atom is -0.385 e. The van der Waals surface area contributed by atoms with Gasteiger partial charge in [-0.2, -0.15) is 0 Å². The van der Waals surface area contributed by atoms with E-state index in [9.17, 15) is 4.79 Å². The Bertz CT molecular complexity index is 514. The number of aliphatic hydroxyl groups excluding tert-OH is 1. The highest BCUT2D eigenvalue weighted by Crippen LogP contribution is 2.10. The predicted octanol–water partition coefficient (Wildman–Crippen LogP) is 1.49. The van der Waals surface area contributed by atoms with E-state index in [4.69, 9.17) is 9.84 Å². The van der Waals surface area contributed by atoms with Gasteiger partial charge >= 0.3 is 0 Å². The Morgan fingerprint density at radius 2 is 2.25 bits per heavy atom. The second kappa shape index (κ2) is 8.36. The molecule has 0 saturated heterocycles. The number of ether oxygens (including phenoxy) is 1. The SMILES string of the molecule is COCCC(C)NC(=O)c1ccc(C#CCO)c(C)c1. The third-order valence-electron chi connectivity index (χ3n) is 2.92. The van der Waals surface area contributed by atoms with E-state index in [1.54, 1.807) is 25.3 Å². The van der Waals surface area contributed by atoms with Crippen molar-refractivity contribution < 1.29 is 14.6 Å². The van der Waals surface area contributed by atoms with Crippen molar-refractivity contribution in [2.24, 2.45) is 0 Å². The van der Waals surface area contributed by atoms with Gasteiger partial charge in [-0.1, -0.05) is 11.8 Å². The molecule has 4 nitrogen and oxygen atoms in total. The Morgan fingerprint density at radius 1 is 1.50 bits per heavy atom. The van der Waals surface area contributed by atoms with Gasteiger partial charge in [-0.3, -0.25) is 4.79 Å². The van der Waals surface area contributed by atoms with Crippen molar-refractivity contribution in [3.63, 3.8) is 0 Å². The van der Waals surface area contributed by atoms with Crippen LogP contribution in [0.15, 0.2) is 18.2 Å². The first-order valence-electron chi connectivity index (χ1n) is 6.58. The van der Waals surface area contributed by atoms with Crippen LogP contribution in [0.2, 0.25) is 0 Å². The van der Waals surface area contributed by atoms with Crippen molar-refractivity contribution in [2.45, 2.75) is 26.3 Å². The molecule has 108 valence electrons. The molecule has 0 aromatic heterocycles. The van der Waals surface area contributed by atoms with Crippen molar-refractivity contribution >= 4 is 5.91 Å². The van der Waals surface area contributed by atoms with Gasteiger partial charge in [0.2, 0.25) is 0 Å². The van der Waals surface area contributed by atoms with Crippen molar-refractivity contribution in [3.8, 4) is 11.8 Å². The van der Waals surface area contributed by atoms with Gasteiger partial charge < -0.3 is 15.2 Å². The lowest BCUT2D eigenvalue weighted by atomic mass is 10.0. The molecule has 0 saturated carbocycles. The molecule has 0 aliphatic heterocycles. The summed E-state index contributed by atoms with van der Waals surface area (Å²) in [4.78, 5) is 12.1. The monoisotopic (exact) mass is 275 g/mol. The van der Waals surface area contributed by atoms with Gasteiger partial charge in [-0.15, -0.1) is 0 Å². The third-order valence-corrected chi connectivity index (χ3v) is 2.92. The molecule has 0 aliphatic rings. The molecule has 1 aromatic rings. The van der Waals surface area contributed by atoms with Crippen molar-refractivity contribution in [1.29, 1.82) is 0 Å². The molecule has 0 spiro atoms. The summed E-state index contributed by atoms with van der Waals surface area (Å²) in [7, 11) is 1.64. The van der Waals surface area contributed by atoms with Crippen LogP contribution in [0.4, 0.5) is 0 Å². The first kappa shape index (κ1) is 16.2. The summed E-state index contributed by atoms with van der Waals surface area (Å²) in [6.07, 6.45) is 0.779. The maximum atomic E-state index is 12.1. The Hall–Kier alpha value is -1.83. The zero-order valence-corrected chi connectivity index (χ0v) is 12.2. The summed E-state index contributed by atoms with van der Waals surface area (Å²) in [5.74, 6) is 5.35. The van der Waals surface area contributed by atoms with Crippen molar-refractivity contribution in [3.05, 3.63) is 34.9 Å². The zero-order chi connectivity index (χ0) is 15.0. The molecule has 4 heteroatoms. The number of nitrogens with one attached hydrogen (secondary N) is 1. The molecular formula is C16H21NO3. The molecule has 1 atom stereocenters. The number of rotatable bonds is 5. The van der Waals surface area contributed by atoms with Gasteiger partial charge in [0, 0.05) is 30.9 Å². The molecule has 20 heavy (non-hydrogen) atoms. The summed E-state index contributed by atoms with van der Waals surface area (Å²) in [6, 6.07) is 5.41. The van der Waals surface area contributed by atoms with Gasteiger partial charge in [-0.25, -0.2) is 0 Å². The lowest BCUT2D eigenvalue weighted by Crippen LogP contribution is -2.33. The van der Waals surface area contributed by atoms with Gasteiger partial charge in [0.15, 0.2) is 0 Å². The van der Waals surface area contributed by atoms with Crippen LogP contribution >= 0.6 is 0 Å². The number of hydrogen-bond acceptors (Lipinski definition) is 3. The zero-order valence-electron chi connectivity index (χ0n) is 12.2.